The van der Waals surface area contributed by atoms with Crippen molar-refractivity contribution in [3.8, 4) is 0 Å². The average molecular weight is 250 g/mol. The second kappa shape index (κ2) is 5.22. The minimum atomic E-state index is -4.75. The van der Waals surface area contributed by atoms with Crippen molar-refractivity contribution in [2.24, 2.45) is 0 Å². The molecule has 1 atom stereocenters. The van der Waals surface area contributed by atoms with E-state index in [1.807, 2.05) is 0 Å². The summed E-state index contributed by atoms with van der Waals surface area (Å²) in [6.07, 6.45) is -15.4. The Balaban J connectivity index is 4.29. The third-order valence-electron chi connectivity index (χ3n) is 1.45. The lowest BCUT2D eigenvalue weighted by Gasteiger charge is -2.19. The van der Waals surface area contributed by atoms with Gasteiger partial charge in [-0.1, -0.05) is 6.58 Å². The van der Waals surface area contributed by atoms with Gasteiger partial charge in [0.2, 0.25) is 6.17 Å². The summed E-state index contributed by atoms with van der Waals surface area (Å²) in [5.74, 6) is -1.61. The molecule has 16 heavy (non-hydrogen) atoms. The number of halogens is 6. The molecule has 0 aromatic heterocycles. The standard InChI is InChI=1S/C8H8F6O2/c1-2-6(15)16-8(13,14)5(9)3-4-7(10,11)12/h2,5H,1,3-4H2. The van der Waals surface area contributed by atoms with E-state index in [9.17, 15) is 31.1 Å². The number of rotatable bonds is 5. The minimum absolute atomic E-state index is 0.352. The van der Waals surface area contributed by atoms with E-state index in [1.165, 1.54) is 0 Å². The molecule has 0 spiro atoms. The van der Waals surface area contributed by atoms with Crippen LogP contribution in [0.2, 0.25) is 0 Å². The Morgan fingerprint density at radius 1 is 1.31 bits per heavy atom. The van der Waals surface area contributed by atoms with Gasteiger partial charge in [-0.15, -0.1) is 0 Å². The first-order chi connectivity index (χ1) is 7.08. The highest BCUT2D eigenvalue weighted by molar-refractivity contribution is 5.81. The number of carbonyl (C=O) groups is 1. The van der Waals surface area contributed by atoms with Gasteiger partial charge in [0.1, 0.15) is 0 Å². The topological polar surface area (TPSA) is 26.3 Å². The van der Waals surface area contributed by atoms with Crippen LogP contribution in [0.15, 0.2) is 12.7 Å². The van der Waals surface area contributed by atoms with Crippen molar-refractivity contribution >= 4 is 5.97 Å². The third-order valence-corrected chi connectivity index (χ3v) is 1.45. The van der Waals surface area contributed by atoms with Gasteiger partial charge >= 0.3 is 18.3 Å². The Hall–Kier alpha value is -1.21. The zero-order valence-electron chi connectivity index (χ0n) is 7.86. The van der Waals surface area contributed by atoms with Crippen LogP contribution in [0.5, 0.6) is 0 Å². The number of alkyl halides is 6. The van der Waals surface area contributed by atoms with E-state index < -0.39 is 37.3 Å². The molecule has 0 fully saturated rings. The van der Waals surface area contributed by atoms with Crippen molar-refractivity contribution in [1.82, 2.24) is 0 Å². The molecular weight excluding hydrogens is 242 g/mol. The maximum Gasteiger partial charge on any atom is 0.432 e. The van der Waals surface area contributed by atoms with Crippen LogP contribution in [0.1, 0.15) is 12.8 Å². The number of hydrogen-bond donors (Lipinski definition) is 0. The molecule has 94 valence electrons. The van der Waals surface area contributed by atoms with Crippen molar-refractivity contribution in [3.63, 3.8) is 0 Å². The van der Waals surface area contributed by atoms with Crippen LogP contribution in [0.3, 0.4) is 0 Å². The quantitative estimate of drug-likeness (QED) is 0.426. The first kappa shape index (κ1) is 14.8. The fourth-order valence-corrected chi connectivity index (χ4v) is 0.698. The number of carbonyl (C=O) groups excluding carboxylic acids is 1. The van der Waals surface area contributed by atoms with E-state index in [2.05, 4.69) is 11.3 Å². The Kier molecular flexibility index (Phi) is 4.82. The fraction of sp³-hybridized carbons (Fsp3) is 0.625. The van der Waals surface area contributed by atoms with Crippen LogP contribution >= 0.6 is 0 Å². The van der Waals surface area contributed by atoms with Crippen molar-refractivity contribution in [3.05, 3.63) is 12.7 Å². The summed E-state index contributed by atoms with van der Waals surface area (Å²) in [6, 6.07) is 0. The van der Waals surface area contributed by atoms with Gasteiger partial charge in [-0.3, -0.25) is 0 Å². The molecule has 0 aliphatic heterocycles. The van der Waals surface area contributed by atoms with E-state index in [0.29, 0.717) is 6.08 Å². The molecule has 0 radical (unpaired) electrons. The summed E-state index contributed by atoms with van der Waals surface area (Å²) < 4.78 is 75.9. The van der Waals surface area contributed by atoms with Crippen molar-refractivity contribution < 1.29 is 35.9 Å². The first-order valence-corrected chi connectivity index (χ1v) is 4.02. The molecular formula is C8H8F6O2. The Morgan fingerprint density at radius 3 is 2.19 bits per heavy atom. The molecule has 0 aromatic rings. The molecule has 0 N–H and O–H groups in total. The van der Waals surface area contributed by atoms with E-state index in [0.717, 1.165) is 0 Å². The van der Waals surface area contributed by atoms with Gasteiger partial charge in [0, 0.05) is 12.5 Å². The van der Waals surface area contributed by atoms with E-state index >= 15 is 0 Å². The van der Waals surface area contributed by atoms with Gasteiger partial charge in [0.25, 0.3) is 0 Å². The summed E-state index contributed by atoms with van der Waals surface area (Å²) in [7, 11) is 0. The highest BCUT2D eigenvalue weighted by atomic mass is 19.4. The SMILES string of the molecule is C=CC(=O)OC(F)(F)C(F)CCC(F)(F)F. The second-order valence-corrected chi connectivity index (χ2v) is 2.81. The molecule has 2 nitrogen and oxygen atoms in total. The summed E-state index contributed by atoms with van der Waals surface area (Å²) >= 11 is 0. The Bertz CT molecular complexity index is 260. The summed E-state index contributed by atoms with van der Waals surface area (Å²) in [4.78, 5) is 10.3. The van der Waals surface area contributed by atoms with Crippen LogP contribution < -0.4 is 0 Å². The molecule has 0 saturated heterocycles. The minimum Gasteiger partial charge on any atom is -0.395 e. The maximum atomic E-state index is 12.6. The molecule has 0 aliphatic carbocycles. The predicted molar refractivity (Wildman–Crippen MR) is 41.4 cm³/mol. The molecule has 1 unspecified atom stereocenters. The summed E-state index contributed by atoms with van der Waals surface area (Å²) in [5, 5.41) is 0. The van der Waals surface area contributed by atoms with Crippen LogP contribution in [0.25, 0.3) is 0 Å². The van der Waals surface area contributed by atoms with Crippen molar-refractivity contribution in [1.29, 1.82) is 0 Å². The zero-order chi connectivity index (χ0) is 13.0. The fourth-order valence-electron chi connectivity index (χ4n) is 0.698. The molecule has 8 heteroatoms. The number of hydrogen-bond acceptors (Lipinski definition) is 2. The first-order valence-electron chi connectivity index (χ1n) is 4.02. The number of esters is 1. The number of ether oxygens (including phenoxy) is 1. The lowest BCUT2D eigenvalue weighted by molar-refractivity contribution is -0.261. The lowest BCUT2D eigenvalue weighted by Crippen LogP contribution is -2.35. The Morgan fingerprint density at radius 2 is 1.81 bits per heavy atom. The van der Waals surface area contributed by atoms with E-state index in [-0.39, 0.29) is 0 Å². The van der Waals surface area contributed by atoms with Gasteiger partial charge in [-0.2, -0.15) is 22.0 Å². The molecule has 0 saturated carbocycles. The highest BCUT2D eigenvalue weighted by Gasteiger charge is 2.45. The molecule has 0 aromatic carbocycles. The summed E-state index contributed by atoms with van der Waals surface area (Å²) in [6.45, 7) is 2.78. The average Bonchev–Trinajstić information content (AvgIpc) is 2.11. The van der Waals surface area contributed by atoms with E-state index in [1.54, 1.807) is 0 Å². The molecule has 0 rings (SSSR count). The smallest absolute Gasteiger partial charge is 0.395 e. The second-order valence-electron chi connectivity index (χ2n) is 2.81. The van der Waals surface area contributed by atoms with Crippen LogP contribution in [-0.2, 0) is 9.53 Å². The summed E-state index contributed by atoms with van der Waals surface area (Å²) in [5.41, 5.74) is 0. The van der Waals surface area contributed by atoms with Crippen molar-refractivity contribution in [2.75, 3.05) is 0 Å². The van der Waals surface area contributed by atoms with E-state index in [4.69, 9.17) is 0 Å². The monoisotopic (exact) mass is 250 g/mol. The van der Waals surface area contributed by atoms with Gasteiger partial charge in [-0.05, 0) is 6.42 Å². The lowest BCUT2D eigenvalue weighted by atomic mass is 10.2. The Labute approximate surface area is 86.9 Å². The highest BCUT2D eigenvalue weighted by Crippen LogP contribution is 2.31. The maximum absolute atomic E-state index is 12.6. The molecule has 0 amide bonds. The van der Waals surface area contributed by atoms with Crippen LogP contribution in [-0.4, -0.2) is 24.4 Å². The largest absolute Gasteiger partial charge is 0.432 e. The van der Waals surface area contributed by atoms with Gasteiger partial charge < -0.3 is 4.74 Å². The normalized spacial score (nSPS) is 14.4. The van der Waals surface area contributed by atoms with Gasteiger partial charge in [0.15, 0.2) is 0 Å². The van der Waals surface area contributed by atoms with Crippen LogP contribution in [0, 0.1) is 0 Å². The molecule has 0 bridgehead atoms. The van der Waals surface area contributed by atoms with Gasteiger partial charge in [-0.25, -0.2) is 9.18 Å². The van der Waals surface area contributed by atoms with Gasteiger partial charge in [0.05, 0.1) is 0 Å². The molecule has 0 heterocycles. The predicted octanol–water partition coefficient (Wildman–Crippen LogP) is 2.99. The molecule has 0 aliphatic rings. The third kappa shape index (κ3) is 5.62. The zero-order valence-corrected chi connectivity index (χ0v) is 7.86. The van der Waals surface area contributed by atoms with Crippen molar-refractivity contribution in [2.45, 2.75) is 31.3 Å². The van der Waals surface area contributed by atoms with Crippen LogP contribution in [0.4, 0.5) is 26.3 Å².